The van der Waals surface area contributed by atoms with Crippen LogP contribution in [0.1, 0.15) is 39.0 Å². The monoisotopic (exact) mass is 223 g/mol. The molecule has 0 spiro atoms. The van der Waals surface area contributed by atoms with Gasteiger partial charge in [0.25, 0.3) is 0 Å². The van der Waals surface area contributed by atoms with E-state index in [0.717, 1.165) is 32.6 Å². The number of unbranched alkanes of at least 4 members (excludes halogenated alkanes) is 2. The van der Waals surface area contributed by atoms with Crippen molar-refractivity contribution in [1.82, 2.24) is 5.32 Å². The van der Waals surface area contributed by atoms with Gasteiger partial charge in [-0.3, -0.25) is 0 Å². The van der Waals surface area contributed by atoms with Crippen LogP contribution in [0.15, 0.2) is 24.3 Å². The molecule has 1 N–H and O–H groups in total. The zero-order chi connectivity index (χ0) is 11.6. The Bertz CT molecular complexity index is 223. The fourth-order valence-corrected chi connectivity index (χ4v) is 1.88. The van der Waals surface area contributed by atoms with Crippen molar-refractivity contribution >= 4 is 0 Å². The maximum absolute atomic E-state index is 5.41. The Morgan fingerprint density at radius 2 is 2.44 bits per heavy atom. The molecule has 0 aromatic heterocycles. The Hall–Kier alpha value is -0.600. The van der Waals surface area contributed by atoms with Crippen LogP contribution in [0.25, 0.3) is 0 Å². The zero-order valence-electron chi connectivity index (χ0n) is 10.5. The lowest BCUT2D eigenvalue weighted by Crippen LogP contribution is -2.29. The van der Waals surface area contributed by atoms with Crippen molar-refractivity contribution in [1.29, 1.82) is 0 Å². The highest BCUT2D eigenvalue weighted by molar-refractivity contribution is 5.06. The van der Waals surface area contributed by atoms with Gasteiger partial charge in [-0.25, -0.2) is 0 Å². The van der Waals surface area contributed by atoms with Crippen LogP contribution < -0.4 is 5.32 Å². The van der Waals surface area contributed by atoms with Gasteiger partial charge in [0.05, 0.1) is 13.2 Å². The summed E-state index contributed by atoms with van der Waals surface area (Å²) in [5, 5.41) is 3.56. The molecule has 0 aliphatic carbocycles. The first kappa shape index (κ1) is 13.5. The van der Waals surface area contributed by atoms with Gasteiger partial charge in [-0.05, 0) is 38.2 Å². The Morgan fingerprint density at radius 1 is 1.56 bits per heavy atom. The average Bonchev–Trinajstić information content (AvgIpc) is 2.33. The summed E-state index contributed by atoms with van der Waals surface area (Å²) in [6, 6.07) is 0.604. The van der Waals surface area contributed by atoms with Crippen LogP contribution in [0.4, 0.5) is 0 Å². The van der Waals surface area contributed by atoms with E-state index in [4.69, 9.17) is 4.74 Å². The molecule has 0 amide bonds. The van der Waals surface area contributed by atoms with E-state index in [2.05, 4.69) is 24.9 Å². The van der Waals surface area contributed by atoms with Crippen LogP contribution in [0.2, 0.25) is 0 Å². The third kappa shape index (κ3) is 6.09. The van der Waals surface area contributed by atoms with Crippen molar-refractivity contribution in [2.75, 3.05) is 19.8 Å². The second kappa shape index (κ2) is 8.54. The van der Waals surface area contributed by atoms with Crippen molar-refractivity contribution in [2.45, 2.75) is 45.1 Å². The number of hydrogen-bond acceptors (Lipinski definition) is 2. The second-order valence-electron chi connectivity index (χ2n) is 4.56. The summed E-state index contributed by atoms with van der Waals surface area (Å²) in [5.41, 5.74) is 1.41. The summed E-state index contributed by atoms with van der Waals surface area (Å²) in [6.07, 6.45) is 10.3. The summed E-state index contributed by atoms with van der Waals surface area (Å²) < 4.78 is 5.41. The normalized spacial score (nSPS) is 17.9. The minimum Gasteiger partial charge on any atom is -0.377 e. The first-order chi connectivity index (χ1) is 7.83. The van der Waals surface area contributed by atoms with E-state index in [1.807, 2.05) is 6.08 Å². The first-order valence-electron chi connectivity index (χ1n) is 6.43. The molecule has 0 saturated carbocycles. The molecule has 1 heterocycles. The lowest BCUT2D eigenvalue weighted by atomic mass is 10.1. The molecule has 1 rings (SSSR count). The summed E-state index contributed by atoms with van der Waals surface area (Å²) >= 11 is 0. The molecule has 0 fully saturated rings. The number of nitrogens with one attached hydrogen (secondary N) is 1. The van der Waals surface area contributed by atoms with Crippen molar-refractivity contribution in [3.8, 4) is 0 Å². The summed E-state index contributed by atoms with van der Waals surface area (Å²) in [5.74, 6) is 0. The highest BCUT2D eigenvalue weighted by Gasteiger charge is 2.05. The quantitative estimate of drug-likeness (QED) is 0.504. The van der Waals surface area contributed by atoms with Crippen LogP contribution in [-0.4, -0.2) is 25.8 Å². The van der Waals surface area contributed by atoms with Gasteiger partial charge in [0.1, 0.15) is 0 Å². The minimum absolute atomic E-state index is 0.604. The first-order valence-corrected chi connectivity index (χ1v) is 6.43. The predicted octanol–water partition coefficient (Wildman–Crippen LogP) is 3.06. The Balaban J connectivity index is 2.02. The van der Waals surface area contributed by atoms with Crippen LogP contribution in [0, 0.1) is 0 Å². The Labute approximate surface area is 99.8 Å². The molecular weight excluding hydrogens is 198 g/mol. The molecule has 92 valence electrons. The standard InChI is InChI=1S/C14H25NO/c1-3-4-5-6-8-13(2)15-11-14-9-7-10-16-12-14/h3,9,13,15H,1,4-8,10-12H2,2H3. The zero-order valence-corrected chi connectivity index (χ0v) is 10.5. The minimum atomic E-state index is 0.604. The van der Waals surface area contributed by atoms with Gasteiger partial charge in [0.2, 0.25) is 0 Å². The number of allylic oxidation sites excluding steroid dienone is 1. The lowest BCUT2D eigenvalue weighted by molar-refractivity contribution is 0.148. The van der Waals surface area contributed by atoms with E-state index in [1.165, 1.54) is 24.8 Å². The van der Waals surface area contributed by atoms with Crippen molar-refractivity contribution in [3.63, 3.8) is 0 Å². The summed E-state index contributed by atoms with van der Waals surface area (Å²) in [6.45, 7) is 8.69. The molecule has 1 aliphatic heterocycles. The van der Waals surface area contributed by atoms with Crippen LogP contribution in [0.5, 0.6) is 0 Å². The van der Waals surface area contributed by atoms with E-state index in [-0.39, 0.29) is 0 Å². The molecule has 2 heteroatoms. The van der Waals surface area contributed by atoms with Crippen molar-refractivity contribution in [2.24, 2.45) is 0 Å². The van der Waals surface area contributed by atoms with Gasteiger partial charge in [0.15, 0.2) is 0 Å². The van der Waals surface area contributed by atoms with Gasteiger partial charge in [-0.15, -0.1) is 6.58 Å². The predicted molar refractivity (Wildman–Crippen MR) is 69.6 cm³/mol. The molecule has 1 aliphatic rings. The molecular formula is C14H25NO. The van der Waals surface area contributed by atoms with E-state index < -0.39 is 0 Å². The number of ether oxygens (including phenoxy) is 1. The van der Waals surface area contributed by atoms with Gasteiger partial charge in [0, 0.05) is 12.6 Å². The van der Waals surface area contributed by atoms with E-state index in [1.54, 1.807) is 0 Å². The van der Waals surface area contributed by atoms with Crippen molar-refractivity contribution < 1.29 is 4.74 Å². The van der Waals surface area contributed by atoms with E-state index in [0.29, 0.717) is 6.04 Å². The SMILES string of the molecule is C=CCCCCC(C)NCC1=CCCOC1. The van der Waals surface area contributed by atoms with Gasteiger partial charge < -0.3 is 10.1 Å². The lowest BCUT2D eigenvalue weighted by Gasteiger charge is -2.18. The molecule has 0 aromatic rings. The highest BCUT2D eigenvalue weighted by atomic mass is 16.5. The van der Waals surface area contributed by atoms with Gasteiger partial charge in [-0.1, -0.05) is 18.6 Å². The fourth-order valence-electron chi connectivity index (χ4n) is 1.88. The van der Waals surface area contributed by atoms with Crippen LogP contribution in [0.3, 0.4) is 0 Å². The smallest absolute Gasteiger partial charge is 0.0689 e. The van der Waals surface area contributed by atoms with Gasteiger partial charge in [-0.2, -0.15) is 0 Å². The molecule has 0 saturated heterocycles. The fraction of sp³-hybridized carbons (Fsp3) is 0.714. The Morgan fingerprint density at radius 3 is 3.12 bits per heavy atom. The molecule has 1 atom stereocenters. The third-order valence-corrected chi connectivity index (χ3v) is 2.96. The van der Waals surface area contributed by atoms with Crippen LogP contribution in [-0.2, 0) is 4.74 Å². The van der Waals surface area contributed by atoms with Crippen LogP contribution >= 0.6 is 0 Å². The number of rotatable bonds is 8. The molecule has 0 aromatic carbocycles. The van der Waals surface area contributed by atoms with E-state index in [9.17, 15) is 0 Å². The summed E-state index contributed by atoms with van der Waals surface area (Å²) in [7, 11) is 0. The summed E-state index contributed by atoms with van der Waals surface area (Å²) in [4.78, 5) is 0. The number of hydrogen-bond donors (Lipinski definition) is 1. The molecule has 1 unspecified atom stereocenters. The Kier molecular flexibility index (Phi) is 7.19. The maximum atomic E-state index is 5.41. The van der Waals surface area contributed by atoms with Gasteiger partial charge >= 0.3 is 0 Å². The second-order valence-corrected chi connectivity index (χ2v) is 4.56. The largest absolute Gasteiger partial charge is 0.377 e. The third-order valence-electron chi connectivity index (χ3n) is 2.96. The highest BCUT2D eigenvalue weighted by Crippen LogP contribution is 2.07. The molecule has 0 radical (unpaired) electrons. The van der Waals surface area contributed by atoms with Crippen molar-refractivity contribution in [3.05, 3.63) is 24.3 Å². The average molecular weight is 223 g/mol. The maximum Gasteiger partial charge on any atom is 0.0689 e. The molecule has 2 nitrogen and oxygen atoms in total. The van der Waals surface area contributed by atoms with E-state index >= 15 is 0 Å². The molecule has 16 heavy (non-hydrogen) atoms. The molecule has 0 bridgehead atoms. The topological polar surface area (TPSA) is 21.3 Å².